The van der Waals surface area contributed by atoms with Gasteiger partial charge in [0.25, 0.3) is 0 Å². The first-order valence-corrected chi connectivity index (χ1v) is 6.61. The van der Waals surface area contributed by atoms with E-state index < -0.39 is 0 Å². The Bertz CT molecular complexity index is 532. The van der Waals surface area contributed by atoms with Crippen LogP contribution in [0.5, 0.6) is 0 Å². The molecule has 0 radical (unpaired) electrons. The van der Waals surface area contributed by atoms with E-state index in [0.29, 0.717) is 11.0 Å². The maximum Gasteiger partial charge on any atom is 0.164 e. The van der Waals surface area contributed by atoms with Crippen molar-refractivity contribution in [2.75, 3.05) is 0 Å². The molecule has 0 saturated heterocycles. The van der Waals surface area contributed by atoms with Gasteiger partial charge in [-0.05, 0) is 28.7 Å². The van der Waals surface area contributed by atoms with Crippen LogP contribution in [0.1, 0.15) is 26.5 Å². The molecule has 2 aromatic rings. The number of rotatable bonds is 1. The Balaban J connectivity index is 2.62. The highest BCUT2D eigenvalue weighted by atomic mass is 127. The second kappa shape index (κ2) is 4.57. The van der Waals surface area contributed by atoms with E-state index in [1.807, 2.05) is 6.07 Å². The van der Waals surface area contributed by atoms with Gasteiger partial charge in [-0.2, -0.15) is 0 Å². The molecule has 3 nitrogen and oxygen atoms in total. The van der Waals surface area contributed by atoms with E-state index in [4.69, 9.17) is 16.0 Å². The zero-order chi connectivity index (χ0) is 12.6. The molecule has 0 atom stereocenters. The van der Waals surface area contributed by atoms with Crippen LogP contribution in [0.4, 0.5) is 0 Å². The average molecular weight is 363 g/mol. The summed E-state index contributed by atoms with van der Waals surface area (Å²) in [5.41, 5.74) is 1.73. The van der Waals surface area contributed by atoms with Gasteiger partial charge in [0.05, 0.1) is 21.1 Å². The summed E-state index contributed by atoms with van der Waals surface area (Å²) in [5, 5.41) is 0.488. The standard InChI is InChI=1S/C12H12ClIN2O/c1-12(2,3)9-8(14)10(13)16-11(15-9)7-4-5-17-6-7/h4-6H,1-3H3. The summed E-state index contributed by atoms with van der Waals surface area (Å²) in [6.45, 7) is 6.31. The van der Waals surface area contributed by atoms with Gasteiger partial charge in [0, 0.05) is 5.41 Å². The summed E-state index contributed by atoms with van der Waals surface area (Å²) in [6.07, 6.45) is 3.21. The highest BCUT2D eigenvalue weighted by molar-refractivity contribution is 14.1. The number of furan rings is 1. The van der Waals surface area contributed by atoms with Crippen molar-refractivity contribution in [2.45, 2.75) is 26.2 Å². The van der Waals surface area contributed by atoms with Crippen LogP contribution < -0.4 is 0 Å². The summed E-state index contributed by atoms with van der Waals surface area (Å²) in [4.78, 5) is 8.86. The first-order valence-electron chi connectivity index (χ1n) is 5.15. The molecule has 0 saturated carbocycles. The highest BCUT2D eigenvalue weighted by Gasteiger charge is 2.23. The fraction of sp³-hybridized carbons (Fsp3) is 0.333. The molecule has 5 heteroatoms. The maximum absolute atomic E-state index is 6.15. The molecule has 0 spiro atoms. The van der Waals surface area contributed by atoms with Gasteiger partial charge in [-0.3, -0.25) is 0 Å². The van der Waals surface area contributed by atoms with E-state index in [1.54, 1.807) is 12.5 Å². The molecule has 0 amide bonds. The van der Waals surface area contributed by atoms with Crippen LogP contribution in [-0.2, 0) is 5.41 Å². The van der Waals surface area contributed by atoms with Gasteiger partial charge in [0.1, 0.15) is 11.4 Å². The molecule has 2 aromatic heterocycles. The van der Waals surface area contributed by atoms with Gasteiger partial charge < -0.3 is 4.42 Å². The minimum atomic E-state index is -0.0679. The van der Waals surface area contributed by atoms with Crippen molar-refractivity contribution < 1.29 is 4.42 Å². The van der Waals surface area contributed by atoms with Gasteiger partial charge in [0.2, 0.25) is 0 Å². The summed E-state index contributed by atoms with van der Waals surface area (Å²) >= 11 is 8.34. The molecular weight excluding hydrogens is 351 g/mol. The monoisotopic (exact) mass is 362 g/mol. The smallest absolute Gasteiger partial charge is 0.164 e. The lowest BCUT2D eigenvalue weighted by molar-refractivity contribution is 0.561. The molecule has 0 bridgehead atoms. The molecular formula is C12H12ClIN2O. The van der Waals surface area contributed by atoms with Gasteiger partial charge in [-0.25, -0.2) is 9.97 Å². The van der Waals surface area contributed by atoms with Gasteiger partial charge in [-0.15, -0.1) is 0 Å². The number of halogens is 2. The lowest BCUT2D eigenvalue weighted by atomic mass is 9.92. The molecule has 0 aliphatic heterocycles. The molecule has 0 aliphatic carbocycles. The Kier molecular flexibility index (Phi) is 3.45. The van der Waals surface area contributed by atoms with Gasteiger partial charge in [0.15, 0.2) is 5.82 Å². The van der Waals surface area contributed by atoms with Crippen molar-refractivity contribution in [1.82, 2.24) is 9.97 Å². The van der Waals surface area contributed by atoms with Crippen molar-refractivity contribution in [3.05, 3.63) is 33.0 Å². The van der Waals surface area contributed by atoms with E-state index in [0.717, 1.165) is 14.8 Å². The fourth-order valence-electron chi connectivity index (χ4n) is 1.44. The third-order valence-electron chi connectivity index (χ3n) is 2.30. The number of nitrogens with zero attached hydrogens (tertiary/aromatic N) is 2. The summed E-state index contributed by atoms with van der Waals surface area (Å²) < 4.78 is 5.95. The molecule has 2 heterocycles. The minimum Gasteiger partial charge on any atom is -0.472 e. The van der Waals surface area contributed by atoms with Gasteiger partial charge >= 0.3 is 0 Å². The zero-order valence-electron chi connectivity index (χ0n) is 9.79. The summed E-state index contributed by atoms with van der Waals surface area (Å²) in [5.74, 6) is 0.606. The molecule has 0 aromatic carbocycles. The van der Waals surface area contributed by atoms with Crippen LogP contribution in [0.3, 0.4) is 0 Å². The SMILES string of the molecule is CC(C)(C)c1nc(-c2ccoc2)nc(Cl)c1I. The first kappa shape index (κ1) is 12.8. The van der Waals surface area contributed by atoms with Crippen LogP contribution in [0, 0.1) is 3.57 Å². The zero-order valence-corrected chi connectivity index (χ0v) is 12.7. The van der Waals surface area contributed by atoms with Crippen LogP contribution in [-0.4, -0.2) is 9.97 Å². The van der Waals surface area contributed by atoms with Crippen LogP contribution in [0.15, 0.2) is 23.0 Å². The third-order valence-corrected chi connectivity index (χ3v) is 3.91. The van der Waals surface area contributed by atoms with Crippen molar-refractivity contribution in [1.29, 1.82) is 0 Å². The number of hydrogen-bond donors (Lipinski definition) is 0. The Morgan fingerprint density at radius 3 is 2.53 bits per heavy atom. The molecule has 0 fully saturated rings. The summed E-state index contributed by atoms with van der Waals surface area (Å²) in [6, 6.07) is 1.82. The van der Waals surface area contributed by atoms with Crippen LogP contribution in [0.2, 0.25) is 5.15 Å². The molecule has 90 valence electrons. The fourth-order valence-corrected chi connectivity index (χ4v) is 2.66. The molecule has 0 N–H and O–H groups in total. The quantitative estimate of drug-likeness (QED) is 0.561. The normalized spacial score (nSPS) is 11.8. The Morgan fingerprint density at radius 1 is 1.29 bits per heavy atom. The maximum atomic E-state index is 6.15. The molecule has 0 aliphatic rings. The van der Waals surface area contributed by atoms with Crippen molar-refractivity contribution in [2.24, 2.45) is 0 Å². The van der Waals surface area contributed by atoms with E-state index in [-0.39, 0.29) is 5.41 Å². The molecule has 2 rings (SSSR count). The number of hydrogen-bond acceptors (Lipinski definition) is 3. The van der Waals surface area contributed by atoms with E-state index in [2.05, 4.69) is 53.3 Å². The van der Waals surface area contributed by atoms with E-state index in [9.17, 15) is 0 Å². The van der Waals surface area contributed by atoms with E-state index >= 15 is 0 Å². The second-order valence-electron chi connectivity index (χ2n) is 4.76. The first-order chi connectivity index (χ1) is 7.89. The minimum absolute atomic E-state index is 0.0679. The lowest BCUT2D eigenvalue weighted by Crippen LogP contribution is -2.17. The van der Waals surface area contributed by atoms with Crippen LogP contribution >= 0.6 is 34.2 Å². The highest BCUT2D eigenvalue weighted by Crippen LogP contribution is 2.31. The summed E-state index contributed by atoms with van der Waals surface area (Å²) in [7, 11) is 0. The Morgan fingerprint density at radius 2 is 2.00 bits per heavy atom. The molecule has 17 heavy (non-hydrogen) atoms. The average Bonchev–Trinajstić information content (AvgIpc) is 2.73. The van der Waals surface area contributed by atoms with Gasteiger partial charge in [-0.1, -0.05) is 32.4 Å². The molecule has 0 unspecified atom stereocenters. The van der Waals surface area contributed by atoms with Crippen molar-refractivity contribution >= 4 is 34.2 Å². The van der Waals surface area contributed by atoms with Crippen LogP contribution in [0.25, 0.3) is 11.4 Å². The Hall–Kier alpha value is -0.620. The van der Waals surface area contributed by atoms with E-state index in [1.165, 1.54) is 0 Å². The topological polar surface area (TPSA) is 38.9 Å². The third kappa shape index (κ3) is 2.63. The second-order valence-corrected chi connectivity index (χ2v) is 6.20. The lowest BCUT2D eigenvalue weighted by Gasteiger charge is -2.20. The van der Waals surface area contributed by atoms with Crippen molar-refractivity contribution in [3.63, 3.8) is 0 Å². The Labute approximate surface area is 119 Å². The number of aromatic nitrogens is 2. The van der Waals surface area contributed by atoms with Crippen molar-refractivity contribution in [3.8, 4) is 11.4 Å². The predicted octanol–water partition coefficient (Wildman–Crippen LogP) is 4.29. The predicted molar refractivity (Wildman–Crippen MR) is 76.2 cm³/mol. The largest absolute Gasteiger partial charge is 0.472 e.